The van der Waals surface area contributed by atoms with Crippen LogP contribution < -0.4 is 4.72 Å². The summed E-state index contributed by atoms with van der Waals surface area (Å²) >= 11 is 0. The fraction of sp³-hybridized carbons (Fsp3) is 0.381. The average molecular weight is 404 g/mol. The average Bonchev–Trinajstić information content (AvgIpc) is 3.53. The molecule has 0 radical (unpaired) electrons. The zero-order chi connectivity index (χ0) is 20.2. The van der Waals surface area contributed by atoms with Crippen molar-refractivity contribution in [2.75, 3.05) is 13.7 Å². The normalized spacial score (nSPS) is 15.2. The maximum atomic E-state index is 12.6. The van der Waals surface area contributed by atoms with Crippen molar-refractivity contribution in [1.29, 1.82) is 0 Å². The topological polar surface area (TPSA) is 81.7 Å². The van der Waals surface area contributed by atoms with Gasteiger partial charge in [0.25, 0.3) is 0 Å². The number of methoxy groups -OCH3 is 1. The Kier molecular flexibility index (Phi) is 6.17. The van der Waals surface area contributed by atoms with Crippen molar-refractivity contribution in [1.82, 2.24) is 4.72 Å². The lowest BCUT2D eigenvalue weighted by molar-refractivity contribution is -0.143. The van der Waals surface area contributed by atoms with Crippen molar-refractivity contribution in [2.45, 2.75) is 43.2 Å². The molecule has 0 heterocycles. The molecule has 2 aromatic carbocycles. The van der Waals surface area contributed by atoms with Crippen LogP contribution in [0.1, 0.15) is 36.5 Å². The van der Waals surface area contributed by atoms with Gasteiger partial charge in [-0.15, -0.1) is 0 Å². The molecule has 0 bridgehead atoms. The highest BCUT2D eigenvalue weighted by atomic mass is 32.2. The van der Waals surface area contributed by atoms with Crippen LogP contribution in [0.15, 0.2) is 53.4 Å². The Hall–Kier alpha value is -2.22. The van der Waals surface area contributed by atoms with Crippen LogP contribution in [0.3, 0.4) is 0 Å². The number of carbonyl (C=O) groups is 1. The summed E-state index contributed by atoms with van der Waals surface area (Å²) in [7, 11) is -2.27. The zero-order valence-corrected chi connectivity index (χ0v) is 16.9. The first-order chi connectivity index (χ1) is 13.4. The molecule has 1 aliphatic carbocycles. The lowest BCUT2D eigenvalue weighted by Crippen LogP contribution is -2.24. The third-order valence-corrected chi connectivity index (χ3v) is 6.42. The first-order valence-corrected chi connectivity index (χ1v) is 10.7. The van der Waals surface area contributed by atoms with E-state index in [2.05, 4.69) is 4.72 Å². The SMILES string of the molecule is CCOCc1ccc(CNS(=O)(=O)c2ccc(C3(C(=O)OC)CC3)cc2)cc1. The van der Waals surface area contributed by atoms with Gasteiger partial charge in [-0.3, -0.25) is 4.79 Å². The molecular formula is C21H25NO5S. The van der Waals surface area contributed by atoms with Crippen LogP contribution in [0.5, 0.6) is 0 Å². The highest BCUT2D eigenvalue weighted by molar-refractivity contribution is 7.89. The Morgan fingerprint density at radius 1 is 1.04 bits per heavy atom. The van der Waals surface area contributed by atoms with E-state index in [0.717, 1.165) is 29.5 Å². The van der Waals surface area contributed by atoms with Crippen LogP contribution >= 0.6 is 0 Å². The van der Waals surface area contributed by atoms with Gasteiger partial charge in [0, 0.05) is 13.2 Å². The van der Waals surface area contributed by atoms with Crippen molar-refractivity contribution in [3.05, 3.63) is 65.2 Å². The second-order valence-electron chi connectivity index (χ2n) is 6.88. The van der Waals surface area contributed by atoms with Crippen molar-refractivity contribution >= 4 is 16.0 Å². The summed E-state index contributed by atoms with van der Waals surface area (Å²) in [5.41, 5.74) is 2.10. The highest BCUT2D eigenvalue weighted by Crippen LogP contribution is 2.49. The van der Waals surface area contributed by atoms with Gasteiger partial charge in [0.05, 0.1) is 24.0 Å². The van der Waals surface area contributed by atoms with Gasteiger partial charge >= 0.3 is 5.97 Å². The number of carbonyl (C=O) groups excluding carboxylic acids is 1. The molecule has 0 atom stereocenters. The van der Waals surface area contributed by atoms with Crippen LogP contribution in [-0.4, -0.2) is 28.1 Å². The van der Waals surface area contributed by atoms with E-state index in [4.69, 9.17) is 9.47 Å². The second kappa shape index (κ2) is 8.43. The Morgan fingerprint density at radius 3 is 2.18 bits per heavy atom. The van der Waals surface area contributed by atoms with E-state index < -0.39 is 15.4 Å². The maximum Gasteiger partial charge on any atom is 0.316 e. The van der Waals surface area contributed by atoms with Crippen LogP contribution in [0, 0.1) is 0 Å². The van der Waals surface area contributed by atoms with E-state index in [1.165, 1.54) is 19.2 Å². The Balaban J connectivity index is 1.64. The van der Waals surface area contributed by atoms with E-state index in [1.807, 2.05) is 31.2 Å². The molecule has 1 saturated carbocycles. The predicted octanol–water partition coefficient (Wildman–Crippen LogP) is 2.91. The van der Waals surface area contributed by atoms with Gasteiger partial charge in [0.1, 0.15) is 0 Å². The quantitative estimate of drug-likeness (QED) is 0.651. The molecule has 1 fully saturated rings. The van der Waals surface area contributed by atoms with Crippen LogP contribution in [0.2, 0.25) is 0 Å². The fourth-order valence-corrected chi connectivity index (χ4v) is 4.14. The molecule has 6 nitrogen and oxygen atoms in total. The molecule has 2 aromatic rings. The largest absolute Gasteiger partial charge is 0.468 e. The molecular weight excluding hydrogens is 378 g/mol. The summed E-state index contributed by atoms with van der Waals surface area (Å²) in [6.45, 7) is 3.34. The standard InChI is InChI=1S/C21H25NO5S/c1-3-27-15-17-6-4-16(5-7-17)14-22-28(24,25)19-10-8-18(9-11-19)21(12-13-21)20(23)26-2/h4-11,22H,3,12-15H2,1-2H3. The van der Waals surface area contributed by atoms with Gasteiger partial charge in [0.15, 0.2) is 0 Å². The van der Waals surface area contributed by atoms with E-state index in [0.29, 0.717) is 13.2 Å². The monoisotopic (exact) mass is 403 g/mol. The minimum atomic E-state index is -3.64. The minimum Gasteiger partial charge on any atom is -0.468 e. The molecule has 0 aromatic heterocycles. The third-order valence-electron chi connectivity index (χ3n) is 5.01. The summed E-state index contributed by atoms with van der Waals surface area (Å²) < 4.78 is 37.9. The molecule has 0 amide bonds. The van der Waals surface area contributed by atoms with Crippen LogP contribution in [-0.2, 0) is 42.9 Å². The molecule has 0 spiro atoms. The molecule has 3 rings (SSSR count). The van der Waals surface area contributed by atoms with Gasteiger partial charge in [-0.25, -0.2) is 13.1 Å². The molecule has 0 saturated heterocycles. The molecule has 1 aliphatic rings. The van der Waals surface area contributed by atoms with E-state index >= 15 is 0 Å². The number of rotatable bonds is 9. The molecule has 0 unspecified atom stereocenters. The molecule has 28 heavy (non-hydrogen) atoms. The summed E-state index contributed by atoms with van der Waals surface area (Å²) in [6.07, 6.45) is 1.45. The molecule has 0 aliphatic heterocycles. The van der Waals surface area contributed by atoms with E-state index in [-0.39, 0.29) is 17.4 Å². The summed E-state index contributed by atoms with van der Waals surface area (Å²) in [6, 6.07) is 14.1. The first-order valence-electron chi connectivity index (χ1n) is 9.25. The molecule has 150 valence electrons. The van der Waals surface area contributed by atoms with Gasteiger partial charge in [-0.2, -0.15) is 0 Å². The number of esters is 1. The second-order valence-corrected chi connectivity index (χ2v) is 8.64. The number of benzene rings is 2. The summed E-state index contributed by atoms with van der Waals surface area (Å²) in [4.78, 5) is 12.1. The third kappa shape index (κ3) is 4.43. The van der Waals surface area contributed by atoms with E-state index in [9.17, 15) is 13.2 Å². The number of hydrogen-bond acceptors (Lipinski definition) is 5. The molecule has 7 heteroatoms. The Morgan fingerprint density at radius 2 is 1.64 bits per heavy atom. The fourth-order valence-electron chi connectivity index (χ4n) is 3.12. The van der Waals surface area contributed by atoms with Crippen molar-refractivity contribution < 1.29 is 22.7 Å². The Bertz CT molecular complexity index is 916. The highest BCUT2D eigenvalue weighted by Gasteiger charge is 2.52. The summed E-state index contributed by atoms with van der Waals surface area (Å²) in [5, 5.41) is 0. The van der Waals surface area contributed by atoms with Gasteiger partial charge in [-0.05, 0) is 48.6 Å². The smallest absolute Gasteiger partial charge is 0.316 e. The van der Waals surface area contributed by atoms with E-state index in [1.54, 1.807) is 12.1 Å². The number of ether oxygens (including phenoxy) is 2. The van der Waals surface area contributed by atoms with Crippen LogP contribution in [0.25, 0.3) is 0 Å². The lowest BCUT2D eigenvalue weighted by atomic mass is 9.96. The van der Waals surface area contributed by atoms with Gasteiger partial charge in [0.2, 0.25) is 10.0 Å². The van der Waals surface area contributed by atoms with Gasteiger partial charge < -0.3 is 9.47 Å². The Labute approximate surface area is 165 Å². The number of sulfonamides is 1. The number of hydrogen-bond donors (Lipinski definition) is 1. The zero-order valence-electron chi connectivity index (χ0n) is 16.1. The maximum absolute atomic E-state index is 12.6. The predicted molar refractivity (Wildman–Crippen MR) is 105 cm³/mol. The number of nitrogens with one attached hydrogen (secondary N) is 1. The van der Waals surface area contributed by atoms with Crippen molar-refractivity contribution in [2.24, 2.45) is 0 Å². The summed E-state index contributed by atoms with van der Waals surface area (Å²) in [5.74, 6) is -0.269. The molecule has 1 N–H and O–H groups in total. The van der Waals surface area contributed by atoms with Gasteiger partial charge in [-0.1, -0.05) is 36.4 Å². The minimum absolute atomic E-state index is 0.171. The van der Waals surface area contributed by atoms with Crippen LogP contribution in [0.4, 0.5) is 0 Å². The first kappa shape index (κ1) is 20.5. The van der Waals surface area contributed by atoms with Crippen molar-refractivity contribution in [3.8, 4) is 0 Å². The van der Waals surface area contributed by atoms with Crippen molar-refractivity contribution in [3.63, 3.8) is 0 Å². The lowest BCUT2D eigenvalue weighted by Gasteiger charge is -2.14.